The predicted octanol–water partition coefficient (Wildman–Crippen LogP) is 8.03. The molecule has 0 spiro atoms. The zero-order valence-electron chi connectivity index (χ0n) is 25.7. The van der Waals surface area contributed by atoms with E-state index in [-0.39, 0.29) is 22.6 Å². The molecule has 8 unspecified atom stereocenters. The van der Waals surface area contributed by atoms with Crippen LogP contribution in [-0.4, -0.2) is 59.8 Å². The number of hydrogen-bond donors (Lipinski definition) is 2. The summed E-state index contributed by atoms with van der Waals surface area (Å²) in [5.41, 5.74) is -5.21. The molecule has 0 aromatic heterocycles. The highest BCUT2D eigenvalue weighted by molar-refractivity contribution is 5.95. The summed E-state index contributed by atoms with van der Waals surface area (Å²) < 4.78 is 171. The Kier molecular flexibility index (Phi) is 8.68. The molecule has 276 valence electrons. The van der Waals surface area contributed by atoms with Gasteiger partial charge in [0.1, 0.15) is 11.5 Å². The maximum absolute atomic E-state index is 14.7. The largest absolute Gasteiger partial charge is 0.457 e. The highest BCUT2D eigenvalue weighted by atomic mass is 19.4. The minimum absolute atomic E-state index is 0.0245. The third kappa shape index (κ3) is 5.70. The molecule has 2 amide bonds. The van der Waals surface area contributed by atoms with Gasteiger partial charge in [0.05, 0.1) is 0 Å². The van der Waals surface area contributed by atoms with Crippen LogP contribution >= 0.6 is 0 Å². The summed E-state index contributed by atoms with van der Waals surface area (Å²) in [6.07, 6.45) is -12.1. The van der Waals surface area contributed by atoms with Crippen LogP contribution in [-0.2, 0) is 0 Å². The molecular weight excluding hydrogens is 716 g/mol. The van der Waals surface area contributed by atoms with Gasteiger partial charge in [0, 0.05) is 59.1 Å². The van der Waals surface area contributed by atoms with Crippen LogP contribution in [0, 0.1) is 35.5 Å². The van der Waals surface area contributed by atoms with E-state index < -0.39 is 109 Å². The molecule has 2 aromatic rings. The van der Waals surface area contributed by atoms with Gasteiger partial charge in [0.2, 0.25) is 0 Å². The quantitative estimate of drug-likeness (QED) is 0.163. The lowest BCUT2D eigenvalue weighted by Gasteiger charge is -2.40. The molecule has 4 aliphatic rings. The van der Waals surface area contributed by atoms with Gasteiger partial charge >= 0.3 is 12.4 Å². The van der Waals surface area contributed by atoms with Gasteiger partial charge in [0.25, 0.3) is 35.0 Å². The smallest absolute Gasteiger partial charge is 0.428 e. The van der Waals surface area contributed by atoms with Crippen molar-refractivity contribution in [1.29, 1.82) is 0 Å². The zero-order valence-corrected chi connectivity index (χ0v) is 25.7. The van der Waals surface area contributed by atoms with Crippen LogP contribution in [0.2, 0.25) is 0 Å². The molecular formula is C32H26F12N4O3. The van der Waals surface area contributed by atoms with Crippen LogP contribution in [0.5, 0.6) is 11.5 Å². The van der Waals surface area contributed by atoms with Crippen LogP contribution in [0.3, 0.4) is 0 Å². The molecule has 19 heteroatoms. The highest BCUT2D eigenvalue weighted by Gasteiger charge is 2.84. The Morgan fingerprint density at radius 1 is 0.608 bits per heavy atom. The number of rotatable bonds is 8. The van der Waals surface area contributed by atoms with E-state index in [4.69, 9.17) is 4.74 Å². The molecule has 51 heavy (non-hydrogen) atoms. The fourth-order valence-electron chi connectivity index (χ4n) is 7.86. The van der Waals surface area contributed by atoms with Gasteiger partial charge in [-0.15, -0.1) is 0 Å². The fourth-order valence-corrected chi connectivity index (χ4v) is 7.86. The molecule has 0 saturated heterocycles. The summed E-state index contributed by atoms with van der Waals surface area (Å²) in [5.74, 6) is -20.6. The third-order valence-electron chi connectivity index (χ3n) is 10.4. The predicted molar refractivity (Wildman–Crippen MR) is 154 cm³/mol. The molecule has 8 atom stereocenters. The second kappa shape index (κ2) is 12.1. The van der Waals surface area contributed by atoms with Crippen molar-refractivity contribution in [3.05, 3.63) is 59.7 Å². The molecule has 0 radical (unpaired) electrons. The summed E-state index contributed by atoms with van der Waals surface area (Å²) in [6, 6.07) is 10.7. The summed E-state index contributed by atoms with van der Waals surface area (Å²) in [6.45, 7) is 0. The van der Waals surface area contributed by atoms with Crippen molar-refractivity contribution in [2.45, 2.75) is 61.2 Å². The summed E-state index contributed by atoms with van der Waals surface area (Å²) in [5, 5.41) is 7.13. The Labute approximate surface area is 280 Å². The zero-order chi connectivity index (χ0) is 37.4. The molecule has 4 saturated carbocycles. The number of fused-ring (bicyclic) bond motifs is 4. The number of nitrogens with zero attached hydrogens (tertiary/aromatic N) is 2. The van der Waals surface area contributed by atoms with Crippen molar-refractivity contribution in [2.75, 3.05) is 0 Å². The lowest BCUT2D eigenvalue weighted by Crippen LogP contribution is -2.60. The first-order chi connectivity index (χ1) is 23.6. The Balaban J connectivity index is 0.988. The second-order valence-electron chi connectivity index (χ2n) is 13.1. The van der Waals surface area contributed by atoms with Crippen molar-refractivity contribution >= 4 is 24.2 Å². The molecule has 2 N–H and O–H groups in total. The summed E-state index contributed by atoms with van der Waals surface area (Å²) >= 11 is 0. The number of carbonyl (C=O) groups is 2. The molecule has 4 aliphatic carbocycles. The van der Waals surface area contributed by atoms with E-state index in [1.807, 2.05) is 0 Å². The Morgan fingerprint density at radius 3 is 1.24 bits per heavy atom. The standard InChI is InChI=1S/C32H26F12N4O3/c33-27(31(39,40)41)23-11-19(29(27,35)36)9-17(23)13-45-47-25(49)15-1-5-21(6-2-15)51-22-7-3-16(4-8-22)26(50)48-46-14-18-10-20-12-24(18)28(34,30(20,37)38)32(42,43)44/h1-8,13-14,17-20,23-24H,9-12H2,(H,47,49)(H,48,50). The molecule has 4 bridgehead atoms. The van der Waals surface area contributed by atoms with Crippen molar-refractivity contribution in [2.24, 2.45) is 45.7 Å². The SMILES string of the molecule is O=C(NN=CC1CC2CC1C(F)(C(F)(F)F)C2(F)F)c1ccc(Oc2ccc(C(=O)NN=CC3CC4CC3C(F)(C(F)(F)F)C4(F)F)cc2)cc1. The van der Waals surface area contributed by atoms with Gasteiger partial charge in [-0.3, -0.25) is 9.59 Å². The molecule has 0 heterocycles. The van der Waals surface area contributed by atoms with E-state index in [0.717, 1.165) is 12.4 Å². The monoisotopic (exact) mass is 742 g/mol. The Hall–Kier alpha value is -4.32. The van der Waals surface area contributed by atoms with Crippen LogP contribution < -0.4 is 15.6 Å². The van der Waals surface area contributed by atoms with Gasteiger partial charge in [-0.05, 0) is 74.2 Å². The van der Waals surface area contributed by atoms with Crippen molar-refractivity contribution in [3.63, 3.8) is 0 Å². The van der Waals surface area contributed by atoms with E-state index >= 15 is 0 Å². The number of nitrogens with one attached hydrogen (secondary N) is 2. The Morgan fingerprint density at radius 2 is 0.941 bits per heavy atom. The third-order valence-corrected chi connectivity index (χ3v) is 10.4. The average molecular weight is 743 g/mol. The number of alkyl halides is 12. The number of carbonyl (C=O) groups excluding carboxylic acids is 2. The fraction of sp³-hybridized carbons (Fsp3) is 0.500. The highest BCUT2D eigenvalue weighted by Crippen LogP contribution is 2.69. The van der Waals surface area contributed by atoms with Gasteiger partial charge in [0.15, 0.2) is 0 Å². The number of ether oxygens (including phenoxy) is 1. The number of halogens is 12. The lowest BCUT2D eigenvalue weighted by atomic mass is 9.76. The van der Waals surface area contributed by atoms with Crippen LogP contribution in [0.1, 0.15) is 46.4 Å². The summed E-state index contributed by atoms with van der Waals surface area (Å²) in [7, 11) is 0. The number of hydrogen-bond acceptors (Lipinski definition) is 5. The average Bonchev–Trinajstić information content (AvgIpc) is 3.77. The first-order valence-corrected chi connectivity index (χ1v) is 15.4. The number of benzene rings is 2. The van der Waals surface area contributed by atoms with Crippen molar-refractivity contribution in [1.82, 2.24) is 10.9 Å². The van der Waals surface area contributed by atoms with E-state index in [1.54, 1.807) is 0 Å². The van der Waals surface area contributed by atoms with Gasteiger partial charge in [-0.2, -0.15) is 36.5 Å². The van der Waals surface area contributed by atoms with Gasteiger partial charge in [-0.1, -0.05) is 0 Å². The van der Waals surface area contributed by atoms with E-state index in [9.17, 15) is 62.3 Å². The van der Waals surface area contributed by atoms with E-state index in [1.165, 1.54) is 48.5 Å². The van der Waals surface area contributed by atoms with Crippen molar-refractivity contribution < 1.29 is 67.0 Å². The first kappa shape index (κ1) is 36.5. The van der Waals surface area contributed by atoms with Crippen LogP contribution in [0.4, 0.5) is 52.7 Å². The minimum atomic E-state index is -5.79. The summed E-state index contributed by atoms with van der Waals surface area (Å²) in [4.78, 5) is 24.9. The maximum Gasteiger partial charge on any atom is 0.428 e. The first-order valence-electron chi connectivity index (χ1n) is 15.4. The van der Waals surface area contributed by atoms with Gasteiger partial charge < -0.3 is 4.74 Å². The number of amides is 2. The van der Waals surface area contributed by atoms with Crippen LogP contribution in [0.15, 0.2) is 58.7 Å². The topological polar surface area (TPSA) is 92.1 Å². The Bertz CT molecular complexity index is 1600. The molecule has 6 rings (SSSR count). The van der Waals surface area contributed by atoms with E-state index in [2.05, 4.69) is 21.1 Å². The molecule has 0 aliphatic heterocycles. The normalized spacial score (nSPS) is 33.6. The maximum atomic E-state index is 14.7. The second-order valence-corrected chi connectivity index (χ2v) is 13.1. The van der Waals surface area contributed by atoms with Crippen LogP contribution in [0.25, 0.3) is 0 Å². The lowest BCUT2D eigenvalue weighted by molar-refractivity contribution is -0.320. The molecule has 7 nitrogen and oxygen atoms in total. The molecule has 4 fully saturated rings. The van der Waals surface area contributed by atoms with Crippen molar-refractivity contribution in [3.8, 4) is 11.5 Å². The van der Waals surface area contributed by atoms with E-state index in [0.29, 0.717) is 0 Å². The van der Waals surface area contributed by atoms with Gasteiger partial charge in [-0.25, -0.2) is 37.2 Å². The number of hydrazone groups is 2. The minimum Gasteiger partial charge on any atom is -0.457 e. The molecule has 2 aromatic carbocycles.